The number of hydrogen-bond donors (Lipinski definition) is 1. The summed E-state index contributed by atoms with van der Waals surface area (Å²) in [4.78, 5) is 11.6. The number of hydrogen-bond acceptors (Lipinski definition) is 2. The first-order chi connectivity index (χ1) is 4.68. The summed E-state index contributed by atoms with van der Waals surface area (Å²) in [6, 6.07) is 0. The molecule has 0 aliphatic rings. The molecule has 4 heteroatoms. The van der Waals surface area contributed by atoms with Crippen LogP contribution in [-0.2, 0) is 11.3 Å². The van der Waals surface area contributed by atoms with Crippen LogP contribution in [-0.4, -0.2) is 5.91 Å². The van der Waals surface area contributed by atoms with Crippen LogP contribution in [0.2, 0.25) is 0 Å². The Kier molecular flexibility index (Phi) is 2.01. The molecule has 1 rings (SSSR count). The molecule has 54 valence electrons. The highest BCUT2D eigenvalue weighted by Crippen LogP contribution is 1.99. The van der Waals surface area contributed by atoms with E-state index in [1.54, 1.807) is 15.9 Å². The lowest BCUT2D eigenvalue weighted by atomic mass is 10.6. The van der Waals surface area contributed by atoms with Gasteiger partial charge in [-0.15, -0.1) is 0 Å². The van der Waals surface area contributed by atoms with Gasteiger partial charge in [-0.25, -0.2) is 0 Å². The van der Waals surface area contributed by atoms with Crippen molar-refractivity contribution in [3.05, 3.63) is 16.6 Å². The van der Waals surface area contributed by atoms with E-state index in [-0.39, 0.29) is 12.5 Å². The van der Waals surface area contributed by atoms with Crippen molar-refractivity contribution in [1.29, 1.82) is 0 Å². The van der Waals surface area contributed by atoms with Gasteiger partial charge < -0.3 is 5.73 Å². The lowest BCUT2D eigenvalue weighted by Crippen LogP contribution is -2.38. The van der Waals surface area contributed by atoms with Crippen molar-refractivity contribution >= 4 is 17.2 Å². The quantitative estimate of drug-likeness (QED) is 0.595. The van der Waals surface area contributed by atoms with Gasteiger partial charge in [0.15, 0.2) is 6.20 Å². The van der Waals surface area contributed by atoms with Gasteiger partial charge in [-0.2, -0.15) is 4.57 Å². The second-order valence-electron chi connectivity index (χ2n) is 2.10. The maximum atomic E-state index is 10.4. The second-order valence-corrected chi connectivity index (χ2v) is 3.19. The zero-order chi connectivity index (χ0) is 7.56. The minimum Gasteiger partial charge on any atom is -0.364 e. The highest BCUT2D eigenvalue weighted by Gasteiger charge is 2.05. The molecule has 0 atom stereocenters. The predicted molar refractivity (Wildman–Crippen MR) is 38.4 cm³/mol. The topological polar surface area (TPSA) is 47.0 Å². The first kappa shape index (κ1) is 7.21. The number of nitrogens with zero attached hydrogens (tertiary/aromatic N) is 1. The monoisotopic (exact) mass is 157 g/mol. The third kappa shape index (κ3) is 1.80. The van der Waals surface area contributed by atoms with E-state index in [9.17, 15) is 4.79 Å². The summed E-state index contributed by atoms with van der Waals surface area (Å²) in [5.41, 5.74) is 6.85. The predicted octanol–water partition coefficient (Wildman–Crippen LogP) is -0.171. The fourth-order valence-corrected chi connectivity index (χ4v) is 1.34. The van der Waals surface area contributed by atoms with Gasteiger partial charge in [0, 0.05) is 0 Å². The van der Waals surface area contributed by atoms with Crippen molar-refractivity contribution in [2.75, 3.05) is 0 Å². The Balaban J connectivity index is 2.67. The molecule has 0 aromatic carbocycles. The van der Waals surface area contributed by atoms with Crippen molar-refractivity contribution in [1.82, 2.24) is 0 Å². The lowest BCUT2D eigenvalue weighted by Gasteiger charge is -1.83. The van der Waals surface area contributed by atoms with E-state index >= 15 is 0 Å². The van der Waals surface area contributed by atoms with Crippen molar-refractivity contribution in [2.24, 2.45) is 5.73 Å². The van der Waals surface area contributed by atoms with Crippen molar-refractivity contribution in [2.45, 2.75) is 13.5 Å². The van der Waals surface area contributed by atoms with E-state index in [2.05, 4.69) is 0 Å². The number of carbonyl (C=O) groups excluding carboxylic acids is 1. The number of nitrogens with two attached hydrogens (primary N) is 1. The van der Waals surface area contributed by atoms with Crippen molar-refractivity contribution < 1.29 is 9.36 Å². The summed E-state index contributed by atoms with van der Waals surface area (Å²) in [6.45, 7) is 2.27. The average Bonchev–Trinajstić information content (AvgIpc) is 2.13. The van der Waals surface area contributed by atoms with Gasteiger partial charge in [0.2, 0.25) is 12.1 Å². The van der Waals surface area contributed by atoms with Gasteiger partial charge in [-0.1, -0.05) is 11.3 Å². The number of aryl methyl sites for hydroxylation is 1. The molecule has 1 amide bonds. The lowest BCUT2D eigenvalue weighted by molar-refractivity contribution is -0.679. The molecule has 10 heavy (non-hydrogen) atoms. The SMILES string of the molecule is Cc1c[n+](CC(N)=O)cs1. The summed E-state index contributed by atoms with van der Waals surface area (Å²) >= 11 is 1.60. The van der Waals surface area contributed by atoms with Crippen LogP contribution in [0.3, 0.4) is 0 Å². The molecular weight excluding hydrogens is 148 g/mol. The average molecular weight is 157 g/mol. The molecule has 0 saturated heterocycles. The summed E-state index contributed by atoms with van der Waals surface area (Å²) in [5.74, 6) is -0.303. The van der Waals surface area contributed by atoms with Gasteiger partial charge in [-0.3, -0.25) is 4.79 Å². The molecule has 0 spiro atoms. The van der Waals surface area contributed by atoms with Crippen LogP contribution in [0, 0.1) is 6.92 Å². The molecule has 0 aliphatic carbocycles. The zero-order valence-corrected chi connectivity index (χ0v) is 6.52. The maximum Gasteiger partial charge on any atom is 0.283 e. The highest BCUT2D eigenvalue weighted by molar-refractivity contribution is 7.09. The Labute approximate surface area is 63.1 Å². The van der Waals surface area contributed by atoms with Crippen molar-refractivity contribution in [3.8, 4) is 0 Å². The van der Waals surface area contributed by atoms with E-state index in [1.165, 1.54) is 4.88 Å². The normalized spacial score (nSPS) is 9.70. The Morgan fingerprint density at radius 3 is 3.00 bits per heavy atom. The molecule has 2 N–H and O–H groups in total. The van der Waals surface area contributed by atoms with Crippen LogP contribution in [0.4, 0.5) is 0 Å². The third-order valence-electron chi connectivity index (χ3n) is 1.06. The molecule has 1 aromatic heterocycles. The number of amides is 1. The van der Waals surface area contributed by atoms with Gasteiger partial charge >= 0.3 is 0 Å². The van der Waals surface area contributed by atoms with Gasteiger partial charge in [0.1, 0.15) is 0 Å². The van der Waals surface area contributed by atoms with E-state index in [0.29, 0.717) is 0 Å². The van der Waals surface area contributed by atoms with Gasteiger partial charge in [-0.05, 0) is 6.92 Å². The smallest absolute Gasteiger partial charge is 0.283 e. The largest absolute Gasteiger partial charge is 0.364 e. The molecule has 0 bridgehead atoms. The molecular formula is C6H9N2OS+. The standard InChI is InChI=1S/C6H8N2OS/c1-5-2-8(4-10-5)3-6(7)9/h2,4H,3H2,1H3,(H-,7,9)/p+1. The molecule has 1 aromatic rings. The van der Waals surface area contributed by atoms with Crippen LogP contribution in [0.15, 0.2) is 11.7 Å². The minimum atomic E-state index is -0.303. The van der Waals surface area contributed by atoms with Crippen molar-refractivity contribution in [3.63, 3.8) is 0 Å². The Morgan fingerprint density at radius 1 is 1.90 bits per heavy atom. The second kappa shape index (κ2) is 2.79. The first-order valence-corrected chi connectivity index (χ1v) is 3.79. The number of primary amides is 1. The number of aromatic nitrogens is 1. The zero-order valence-electron chi connectivity index (χ0n) is 5.70. The number of carbonyl (C=O) groups is 1. The summed E-state index contributed by atoms with van der Waals surface area (Å²) in [6.07, 6.45) is 1.90. The van der Waals surface area contributed by atoms with E-state index in [1.807, 2.05) is 18.6 Å². The Hall–Kier alpha value is -0.900. The maximum absolute atomic E-state index is 10.4. The van der Waals surface area contributed by atoms with Gasteiger partial charge in [0.05, 0.1) is 4.88 Å². The fourth-order valence-electron chi connectivity index (χ4n) is 0.708. The molecule has 0 unspecified atom stereocenters. The molecule has 0 radical (unpaired) electrons. The summed E-state index contributed by atoms with van der Waals surface area (Å²) < 4.78 is 1.78. The first-order valence-electron chi connectivity index (χ1n) is 2.91. The molecule has 3 nitrogen and oxygen atoms in total. The minimum absolute atomic E-state index is 0.282. The highest BCUT2D eigenvalue weighted by atomic mass is 32.1. The summed E-state index contributed by atoms with van der Waals surface area (Å²) in [7, 11) is 0. The van der Waals surface area contributed by atoms with Crippen LogP contribution in [0.1, 0.15) is 4.88 Å². The third-order valence-corrected chi connectivity index (χ3v) is 1.91. The van der Waals surface area contributed by atoms with Gasteiger partial charge in [0.25, 0.3) is 5.91 Å². The number of rotatable bonds is 2. The van der Waals surface area contributed by atoms with E-state index in [0.717, 1.165) is 0 Å². The Morgan fingerprint density at radius 2 is 2.60 bits per heavy atom. The van der Waals surface area contributed by atoms with Crippen LogP contribution in [0.25, 0.3) is 0 Å². The molecule has 0 fully saturated rings. The van der Waals surface area contributed by atoms with E-state index < -0.39 is 0 Å². The van der Waals surface area contributed by atoms with Crippen LogP contribution in [0.5, 0.6) is 0 Å². The number of thiazole rings is 1. The molecule has 1 heterocycles. The van der Waals surface area contributed by atoms with Crippen LogP contribution >= 0.6 is 11.3 Å². The summed E-state index contributed by atoms with van der Waals surface area (Å²) in [5, 5.41) is 0. The van der Waals surface area contributed by atoms with Crippen LogP contribution < -0.4 is 10.3 Å². The van der Waals surface area contributed by atoms with E-state index in [4.69, 9.17) is 5.73 Å². The molecule has 0 saturated carbocycles. The Bertz CT molecular complexity index is 244. The molecule has 0 aliphatic heterocycles. The fraction of sp³-hybridized carbons (Fsp3) is 0.333.